The molecule has 2 heterocycles. The molecule has 0 aliphatic carbocycles. The van der Waals surface area contributed by atoms with Gasteiger partial charge in [0.05, 0.1) is 17.4 Å². The number of carbonyl (C=O) groups is 1. The van der Waals surface area contributed by atoms with E-state index in [4.69, 9.17) is 5.73 Å². The van der Waals surface area contributed by atoms with E-state index in [0.29, 0.717) is 6.54 Å². The molecule has 5 nitrogen and oxygen atoms in total. The highest BCUT2D eigenvalue weighted by atomic mass is 16.1. The maximum absolute atomic E-state index is 11.3. The predicted octanol–water partition coefficient (Wildman–Crippen LogP) is 0.0403. The number of primary amides is 1. The van der Waals surface area contributed by atoms with E-state index in [9.17, 15) is 4.79 Å². The molecule has 1 aromatic rings. The smallest absolute Gasteiger partial charge is 0.224 e. The van der Waals surface area contributed by atoms with Gasteiger partial charge in [-0.2, -0.15) is 0 Å². The van der Waals surface area contributed by atoms with Gasteiger partial charge in [-0.15, -0.1) is 0 Å². The summed E-state index contributed by atoms with van der Waals surface area (Å²) in [5.74, 6) is -0.274. The topological polar surface area (TPSA) is 72.9 Å². The molecule has 5 heteroatoms. The lowest BCUT2D eigenvalue weighted by molar-refractivity contribution is -0.126. The summed E-state index contributed by atoms with van der Waals surface area (Å²) in [6.07, 6.45) is 2.77. The van der Waals surface area contributed by atoms with Crippen LogP contribution in [0.5, 0.6) is 0 Å². The van der Waals surface area contributed by atoms with Gasteiger partial charge in [-0.05, 0) is 13.8 Å². The van der Waals surface area contributed by atoms with Gasteiger partial charge in [-0.1, -0.05) is 0 Å². The molecule has 1 amide bonds. The Labute approximate surface area is 95.0 Å². The van der Waals surface area contributed by atoms with E-state index in [1.54, 1.807) is 0 Å². The first-order valence-corrected chi connectivity index (χ1v) is 5.54. The lowest BCUT2D eigenvalue weighted by Gasteiger charge is -2.23. The Balaban J connectivity index is 2.22. The van der Waals surface area contributed by atoms with Crippen LogP contribution in [0.3, 0.4) is 0 Å². The minimum absolute atomic E-state index is 0.274. The number of nitrogens with two attached hydrogens (primary N) is 1. The first-order valence-electron chi connectivity index (χ1n) is 5.54. The molecule has 2 rings (SSSR count). The molecule has 0 saturated heterocycles. The third-order valence-corrected chi connectivity index (χ3v) is 3.10. The van der Waals surface area contributed by atoms with Crippen molar-refractivity contribution in [3.05, 3.63) is 17.7 Å². The first-order chi connectivity index (χ1) is 7.50. The Hall–Kier alpha value is -1.36. The van der Waals surface area contributed by atoms with Crippen molar-refractivity contribution >= 4 is 5.91 Å². The summed E-state index contributed by atoms with van der Waals surface area (Å²) < 4.78 is 2.06. The molecule has 0 bridgehead atoms. The van der Waals surface area contributed by atoms with E-state index < -0.39 is 5.41 Å². The fraction of sp³-hybridized carbons (Fsp3) is 0.636. The van der Waals surface area contributed by atoms with E-state index in [1.165, 1.54) is 5.69 Å². The van der Waals surface area contributed by atoms with Crippen LogP contribution in [0.15, 0.2) is 6.33 Å². The highest BCUT2D eigenvalue weighted by Crippen LogP contribution is 2.21. The molecular formula is C11H18N4O. The van der Waals surface area contributed by atoms with Crippen LogP contribution in [-0.4, -0.2) is 22.0 Å². The fourth-order valence-electron chi connectivity index (χ4n) is 1.94. The van der Waals surface area contributed by atoms with Gasteiger partial charge in [0.15, 0.2) is 0 Å². The number of rotatable bonds is 3. The number of nitrogens with zero attached hydrogens (tertiary/aromatic N) is 2. The van der Waals surface area contributed by atoms with Crippen LogP contribution >= 0.6 is 0 Å². The third kappa shape index (κ3) is 1.95. The summed E-state index contributed by atoms with van der Waals surface area (Å²) in [6, 6.07) is 0. The van der Waals surface area contributed by atoms with Crippen LogP contribution in [0.4, 0.5) is 0 Å². The highest BCUT2D eigenvalue weighted by Gasteiger charge is 2.27. The maximum atomic E-state index is 11.3. The fourth-order valence-corrected chi connectivity index (χ4v) is 1.94. The molecule has 0 unspecified atom stereocenters. The monoisotopic (exact) mass is 222 g/mol. The zero-order chi connectivity index (χ0) is 11.8. The third-order valence-electron chi connectivity index (χ3n) is 3.10. The lowest BCUT2D eigenvalue weighted by Crippen LogP contribution is -2.36. The molecule has 88 valence electrons. The second-order valence-corrected chi connectivity index (χ2v) is 4.94. The van der Waals surface area contributed by atoms with Gasteiger partial charge in [0.2, 0.25) is 5.91 Å². The summed E-state index contributed by atoms with van der Waals surface area (Å²) >= 11 is 0. The minimum Gasteiger partial charge on any atom is -0.369 e. The van der Waals surface area contributed by atoms with Gasteiger partial charge >= 0.3 is 0 Å². The average Bonchev–Trinajstić information content (AvgIpc) is 2.61. The van der Waals surface area contributed by atoms with Gasteiger partial charge < -0.3 is 15.6 Å². The van der Waals surface area contributed by atoms with E-state index in [2.05, 4.69) is 14.9 Å². The second-order valence-electron chi connectivity index (χ2n) is 4.94. The molecule has 0 atom stereocenters. The number of aromatic nitrogens is 2. The quantitative estimate of drug-likeness (QED) is 0.758. The summed E-state index contributed by atoms with van der Waals surface area (Å²) in [7, 11) is 0. The Morgan fingerprint density at radius 1 is 1.69 bits per heavy atom. The number of nitrogens with one attached hydrogen (secondary N) is 1. The lowest BCUT2D eigenvalue weighted by atomic mass is 9.92. The van der Waals surface area contributed by atoms with Gasteiger partial charge in [0, 0.05) is 31.7 Å². The van der Waals surface area contributed by atoms with Crippen molar-refractivity contribution in [2.24, 2.45) is 11.1 Å². The molecule has 3 N–H and O–H groups in total. The second kappa shape index (κ2) is 3.90. The summed E-state index contributed by atoms with van der Waals surface area (Å²) in [5, 5.41) is 3.27. The number of carbonyl (C=O) groups excluding carboxylic acids is 1. The van der Waals surface area contributed by atoms with Gasteiger partial charge in [-0.3, -0.25) is 4.79 Å². The predicted molar refractivity (Wildman–Crippen MR) is 60.6 cm³/mol. The van der Waals surface area contributed by atoms with Crippen molar-refractivity contribution < 1.29 is 4.79 Å². The average molecular weight is 222 g/mol. The van der Waals surface area contributed by atoms with Crippen LogP contribution in [-0.2, 0) is 24.3 Å². The zero-order valence-electron chi connectivity index (χ0n) is 9.79. The van der Waals surface area contributed by atoms with Crippen molar-refractivity contribution in [1.29, 1.82) is 0 Å². The number of amides is 1. The Bertz CT molecular complexity index is 408. The van der Waals surface area contributed by atoms with Crippen molar-refractivity contribution in [2.75, 3.05) is 6.54 Å². The van der Waals surface area contributed by atoms with Crippen LogP contribution in [0.1, 0.15) is 25.2 Å². The molecule has 1 aliphatic rings. The molecule has 0 saturated carbocycles. The normalized spacial score (nSPS) is 15.9. The van der Waals surface area contributed by atoms with E-state index in [0.717, 1.165) is 25.2 Å². The van der Waals surface area contributed by atoms with Crippen LogP contribution in [0.25, 0.3) is 0 Å². The molecule has 1 aromatic heterocycles. The van der Waals surface area contributed by atoms with Crippen LogP contribution < -0.4 is 11.1 Å². The molecule has 1 aliphatic heterocycles. The molecular weight excluding hydrogens is 204 g/mol. The van der Waals surface area contributed by atoms with Gasteiger partial charge in [-0.25, -0.2) is 4.98 Å². The van der Waals surface area contributed by atoms with Crippen LogP contribution in [0, 0.1) is 5.41 Å². The Morgan fingerprint density at radius 3 is 3.12 bits per heavy atom. The molecule has 16 heavy (non-hydrogen) atoms. The largest absolute Gasteiger partial charge is 0.369 e. The summed E-state index contributed by atoms with van der Waals surface area (Å²) in [5.41, 5.74) is 7.17. The summed E-state index contributed by atoms with van der Waals surface area (Å²) in [4.78, 5) is 15.6. The van der Waals surface area contributed by atoms with Crippen molar-refractivity contribution in [2.45, 2.75) is 33.4 Å². The Morgan fingerprint density at radius 2 is 2.44 bits per heavy atom. The van der Waals surface area contributed by atoms with Crippen molar-refractivity contribution in [3.8, 4) is 0 Å². The molecule has 0 radical (unpaired) electrons. The summed E-state index contributed by atoms with van der Waals surface area (Å²) in [6.45, 7) is 6.12. The van der Waals surface area contributed by atoms with E-state index in [-0.39, 0.29) is 5.91 Å². The standard InChI is InChI=1S/C11H18N4O/c1-11(2,10(12)16)6-15-7-14-8-5-13-4-3-9(8)15/h7,13H,3-6H2,1-2H3,(H2,12,16). The van der Waals surface area contributed by atoms with Crippen molar-refractivity contribution in [3.63, 3.8) is 0 Å². The van der Waals surface area contributed by atoms with Gasteiger partial charge in [0.25, 0.3) is 0 Å². The molecule has 0 fully saturated rings. The number of imidazole rings is 1. The van der Waals surface area contributed by atoms with Gasteiger partial charge in [0.1, 0.15) is 0 Å². The minimum atomic E-state index is -0.528. The number of hydrogen-bond donors (Lipinski definition) is 2. The number of fused-ring (bicyclic) bond motifs is 1. The first kappa shape index (κ1) is 11.1. The zero-order valence-corrected chi connectivity index (χ0v) is 9.79. The molecule has 0 aromatic carbocycles. The highest BCUT2D eigenvalue weighted by molar-refractivity contribution is 5.79. The maximum Gasteiger partial charge on any atom is 0.224 e. The number of hydrogen-bond acceptors (Lipinski definition) is 3. The van der Waals surface area contributed by atoms with Crippen LogP contribution in [0.2, 0.25) is 0 Å². The van der Waals surface area contributed by atoms with E-state index >= 15 is 0 Å². The molecule has 0 spiro atoms. The van der Waals surface area contributed by atoms with Crippen molar-refractivity contribution in [1.82, 2.24) is 14.9 Å². The van der Waals surface area contributed by atoms with E-state index in [1.807, 2.05) is 20.2 Å². The SMILES string of the molecule is CC(C)(Cn1cnc2c1CCNC2)C(N)=O. The Kier molecular flexibility index (Phi) is 2.71.